The summed E-state index contributed by atoms with van der Waals surface area (Å²) in [6.45, 7) is 3.99. The zero-order valence-electron chi connectivity index (χ0n) is 15.1. The number of carboxylic acid groups (broad SMARTS) is 1. The van der Waals surface area contributed by atoms with Crippen LogP contribution in [0.1, 0.15) is 29.9 Å². The first-order valence-corrected chi connectivity index (χ1v) is 9.33. The number of hydrogen-bond donors (Lipinski definition) is 1. The minimum absolute atomic E-state index is 0.0102. The van der Waals surface area contributed by atoms with Gasteiger partial charge in [0, 0.05) is 17.0 Å². The van der Waals surface area contributed by atoms with Crippen LogP contribution in [0.4, 0.5) is 0 Å². The molecule has 0 spiro atoms. The number of rotatable bonds is 5. The highest BCUT2D eigenvalue weighted by atomic mass is 32.1. The fraction of sp³-hybridized carbons (Fsp3) is 0.263. The molecule has 0 unspecified atom stereocenters. The molecule has 0 radical (unpaired) electrons. The van der Waals surface area contributed by atoms with Crippen LogP contribution in [0.2, 0.25) is 0 Å². The molecule has 0 saturated heterocycles. The maximum Gasteiger partial charge on any atom is 0.356 e. The Labute approximate surface area is 159 Å². The van der Waals surface area contributed by atoms with Crippen LogP contribution >= 0.6 is 11.3 Å². The number of methoxy groups -OCH3 is 1. The van der Waals surface area contributed by atoms with Gasteiger partial charge in [-0.15, -0.1) is 0 Å². The Morgan fingerprint density at radius 3 is 2.81 bits per heavy atom. The van der Waals surface area contributed by atoms with Crippen LogP contribution in [0.3, 0.4) is 0 Å². The number of carboxylic acids is 1. The van der Waals surface area contributed by atoms with Crippen molar-refractivity contribution in [2.75, 3.05) is 7.11 Å². The van der Waals surface area contributed by atoms with Gasteiger partial charge in [-0.2, -0.15) is 16.4 Å². The molecule has 0 saturated carbocycles. The lowest BCUT2D eigenvalue weighted by Crippen LogP contribution is -2.11. The molecule has 140 valence electrons. The Morgan fingerprint density at radius 1 is 1.37 bits per heavy atom. The topological polar surface area (TPSA) is 82.8 Å². The van der Waals surface area contributed by atoms with Gasteiger partial charge < -0.3 is 19.3 Å². The van der Waals surface area contributed by atoms with Crippen LogP contribution in [0.25, 0.3) is 16.9 Å². The number of nitrogens with zero attached hydrogens (tertiary/aromatic N) is 2. The second-order valence-corrected chi connectivity index (χ2v) is 7.11. The smallest absolute Gasteiger partial charge is 0.356 e. The lowest BCUT2D eigenvalue weighted by Gasteiger charge is -2.22. The Bertz CT molecular complexity index is 1010. The summed E-state index contributed by atoms with van der Waals surface area (Å²) in [7, 11) is 1.57. The minimum atomic E-state index is -1.08. The first-order chi connectivity index (χ1) is 13.0. The molecule has 7 nitrogen and oxygen atoms in total. The predicted molar refractivity (Wildman–Crippen MR) is 100 cm³/mol. The van der Waals surface area contributed by atoms with Crippen LogP contribution in [0.15, 0.2) is 29.0 Å². The molecule has 0 aliphatic carbocycles. The van der Waals surface area contributed by atoms with Crippen LogP contribution in [-0.4, -0.2) is 34.1 Å². The molecule has 1 aliphatic heterocycles. The Kier molecular flexibility index (Phi) is 4.27. The number of fused-ring (bicyclic) bond motifs is 3. The third-order valence-electron chi connectivity index (χ3n) is 4.19. The Morgan fingerprint density at radius 2 is 2.19 bits per heavy atom. The first kappa shape index (κ1) is 17.4. The molecule has 1 aliphatic rings. The molecular weight excluding hydrogens is 368 g/mol. The molecule has 0 fully saturated rings. The van der Waals surface area contributed by atoms with E-state index in [2.05, 4.69) is 5.10 Å². The number of hydrogen-bond acceptors (Lipinski definition) is 6. The fourth-order valence-corrected chi connectivity index (χ4v) is 3.72. The second kappa shape index (κ2) is 6.62. The minimum Gasteiger partial charge on any atom is -0.493 e. The van der Waals surface area contributed by atoms with E-state index >= 15 is 0 Å². The Hall–Kier alpha value is -3.00. The summed E-state index contributed by atoms with van der Waals surface area (Å²) in [5.41, 5.74) is 2.76. The molecule has 1 N–H and O–H groups in total. The summed E-state index contributed by atoms with van der Waals surface area (Å²) in [5, 5.41) is 17.8. The van der Waals surface area contributed by atoms with Crippen molar-refractivity contribution in [3.8, 4) is 34.2 Å². The zero-order chi connectivity index (χ0) is 19.1. The quantitative estimate of drug-likeness (QED) is 0.714. The van der Waals surface area contributed by atoms with Gasteiger partial charge in [0.1, 0.15) is 12.4 Å². The van der Waals surface area contributed by atoms with Crippen molar-refractivity contribution in [3.63, 3.8) is 0 Å². The van der Waals surface area contributed by atoms with Gasteiger partial charge in [-0.1, -0.05) is 0 Å². The number of aromatic nitrogens is 2. The number of aromatic carboxylic acids is 1. The molecule has 1 aromatic carbocycles. The van der Waals surface area contributed by atoms with Gasteiger partial charge >= 0.3 is 5.97 Å². The van der Waals surface area contributed by atoms with Crippen molar-refractivity contribution < 1.29 is 24.1 Å². The van der Waals surface area contributed by atoms with Crippen molar-refractivity contribution >= 4 is 17.3 Å². The average Bonchev–Trinajstić information content (AvgIpc) is 3.28. The van der Waals surface area contributed by atoms with E-state index in [9.17, 15) is 9.90 Å². The summed E-state index contributed by atoms with van der Waals surface area (Å²) in [5.74, 6) is 0.645. The molecular formula is C19H18N2O5S. The monoisotopic (exact) mass is 386 g/mol. The van der Waals surface area contributed by atoms with E-state index in [1.54, 1.807) is 17.9 Å². The molecule has 0 atom stereocenters. The molecule has 8 heteroatoms. The summed E-state index contributed by atoms with van der Waals surface area (Å²) in [4.78, 5) is 11.7. The van der Waals surface area contributed by atoms with Gasteiger partial charge in [0.15, 0.2) is 17.2 Å². The van der Waals surface area contributed by atoms with E-state index < -0.39 is 5.97 Å². The average molecular weight is 386 g/mol. The van der Waals surface area contributed by atoms with Gasteiger partial charge in [0.2, 0.25) is 0 Å². The number of ether oxygens (including phenoxy) is 3. The lowest BCUT2D eigenvalue weighted by atomic mass is 10.0. The molecule has 3 heterocycles. The third kappa shape index (κ3) is 2.91. The van der Waals surface area contributed by atoms with Crippen molar-refractivity contribution in [1.82, 2.24) is 9.78 Å². The summed E-state index contributed by atoms with van der Waals surface area (Å²) >= 11 is 1.52. The molecule has 0 amide bonds. The van der Waals surface area contributed by atoms with E-state index in [1.807, 2.05) is 36.7 Å². The zero-order valence-corrected chi connectivity index (χ0v) is 15.9. The van der Waals surface area contributed by atoms with Crippen LogP contribution in [0.5, 0.6) is 17.2 Å². The summed E-state index contributed by atoms with van der Waals surface area (Å²) < 4.78 is 18.8. The highest BCUT2D eigenvalue weighted by Gasteiger charge is 2.31. The van der Waals surface area contributed by atoms with E-state index in [0.717, 1.165) is 11.3 Å². The predicted octanol–water partition coefficient (Wildman–Crippen LogP) is 3.99. The molecule has 27 heavy (non-hydrogen) atoms. The highest BCUT2D eigenvalue weighted by molar-refractivity contribution is 7.08. The van der Waals surface area contributed by atoms with E-state index in [0.29, 0.717) is 28.5 Å². The van der Waals surface area contributed by atoms with Crippen LogP contribution in [-0.2, 0) is 6.61 Å². The highest BCUT2D eigenvalue weighted by Crippen LogP contribution is 2.46. The van der Waals surface area contributed by atoms with Crippen LogP contribution < -0.4 is 14.2 Å². The van der Waals surface area contributed by atoms with Crippen molar-refractivity contribution in [1.29, 1.82) is 0 Å². The number of thiophene rings is 1. The van der Waals surface area contributed by atoms with Crippen molar-refractivity contribution in [2.24, 2.45) is 0 Å². The SMILES string of the molecule is COc1cc2c(cc1OC(C)C)-c1c(c(C(=O)O)nn1-c1ccsc1)CO2. The first-order valence-electron chi connectivity index (χ1n) is 8.39. The second-order valence-electron chi connectivity index (χ2n) is 6.33. The maximum atomic E-state index is 11.7. The molecule has 0 bridgehead atoms. The van der Waals surface area contributed by atoms with Gasteiger partial charge in [0.25, 0.3) is 0 Å². The maximum absolute atomic E-state index is 11.7. The molecule has 3 aromatic rings. The normalized spacial score (nSPS) is 12.3. The summed E-state index contributed by atoms with van der Waals surface area (Å²) in [6.07, 6.45) is -0.0442. The van der Waals surface area contributed by atoms with Crippen LogP contribution in [0, 0.1) is 0 Å². The number of carbonyl (C=O) groups is 1. The third-order valence-corrected chi connectivity index (χ3v) is 4.86. The summed E-state index contributed by atoms with van der Waals surface area (Å²) in [6, 6.07) is 5.48. The largest absolute Gasteiger partial charge is 0.493 e. The molecule has 2 aromatic heterocycles. The fourth-order valence-electron chi connectivity index (χ4n) is 3.10. The van der Waals surface area contributed by atoms with Gasteiger partial charge in [0.05, 0.1) is 30.2 Å². The van der Waals surface area contributed by atoms with Crippen molar-refractivity contribution in [3.05, 3.63) is 40.2 Å². The van der Waals surface area contributed by atoms with E-state index in [-0.39, 0.29) is 18.4 Å². The van der Waals surface area contributed by atoms with E-state index in [4.69, 9.17) is 14.2 Å². The van der Waals surface area contributed by atoms with Gasteiger partial charge in [-0.25, -0.2) is 9.48 Å². The van der Waals surface area contributed by atoms with Crippen molar-refractivity contribution in [2.45, 2.75) is 26.6 Å². The van der Waals surface area contributed by atoms with E-state index in [1.165, 1.54) is 11.3 Å². The Balaban J connectivity index is 1.97. The standard InChI is InChI=1S/C19H18N2O5S/c1-10(2)26-16-6-12-14(7-15(16)24-3)25-8-13-17(19(22)23)20-21(18(12)13)11-4-5-27-9-11/h4-7,9-10H,8H2,1-3H3,(H,22,23). The number of benzene rings is 1. The van der Waals surface area contributed by atoms with Gasteiger partial charge in [-0.05, 0) is 31.4 Å². The molecule has 4 rings (SSSR count). The lowest BCUT2D eigenvalue weighted by molar-refractivity contribution is 0.0687. The van der Waals surface area contributed by atoms with Gasteiger partial charge in [-0.3, -0.25) is 0 Å².